The van der Waals surface area contributed by atoms with Crippen LogP contribution in [0.2, 0.25) is 0 Å². The summed E-state index contributed by atoms with van der Waals surface area (Å²) in [6, 6.07) is -2.14. The fourth-order valence-electron chi connectivity index (χ4n) is 1.97. The third-order valence-electron chi connectivity index (χ3n) is 3.46. The first-order valence-corrected chi connectivity index (χ1v) is 7.45. The van der Waals surface area contributed by atoms with Crippen LogP contribution < -0.4 is 5.32 Å². The Balaban J connectivity index is 2.82. The highest BCUT2D eigenvalue weighted by atomic mass is 18.1. The minimum atomic E-state index is -2.47. The van der Waals surface area contributed by atoms with Gasteiger partial charge in [0.1, 0.15) is 6.04 Å². The zero-order chi connectivity index (χ0) is 20.2. The fourth-order valence-corrected chi connectivity index (χ4v) is 1.97. The lowest BCUT2D eigenvalue weighted by molar-refractivity contribution is -0.199. The summed E-state index contributed by atoms with van der Waals surface area (Å²) in [6.45, 7) is 2.55. The second-order valence-electron chi connectivity index (χ2n) is 5.97. The van der Waals surface area contributed by atoms with Gasteiger partial charge in [-0.2, -0.15) is 0 Å². The molecule has 8 heteroatoms. The Bertz CT molecular complexity index is 563. The van der Waals surface area contributed by atoms with Gasteiger partial charge in [-0.3, -0.25) is 19.3 Å². The monoisotopic (exact) mass is 334 g/mol. The van der Waals surface area contributed by atoms with Crippen molar-refractivity contribution in [1.82, 2.24) is 15.3 Å². The lowest BCUT2D eigenvalue weighted by Gasteiger charge is -2.25. The minimum absolute atomic E-state index is 0.00603. The van der Waals surface area contributed by atoms with E-state index in [2.05, 4.69) is 5.32 Å². The first-order valence-electron chi connectivity index (χ1n) is 8.95. The lowest BCUT2D eigenvalue weighted by Crippen LogP contribution is -2.50. The number of nitrogens with one attached hydrogen (secondary N) is 1. The molecule has 0 spiro atoms. The predicted octanol–water partition coefficient (Wildman–Crippen LogP) is 0.0746. The van der Waals surface area contributed by atoms with Crippen LogP contribution in [-0.2, 0) is 24.0 Å². The van der Waals surface area contributed by atoms with Crippen molar-refractivity contribution in [3.63, 3.8) is 0 Å². The molecule has 2 atom stereocenters. The van der Waals surface area contributed by atoms with E-state index in [1.54, 1.807) is 0 Å². The van der Waals surface area contributed by atoms with Crippen LogP contribution >= 0.6 is 0 Å². The van der Waals surface area contributed by atoms with Gasteiger partial charge in [-0.25, -0.2) is 4.79 Å². The summed E-state index contributed by atoms with van der Waals surface area (Å²) >= 11 is 0. The van der Waals surface area contributed by atoms with Crippen LogP contribution in [0, 0.1) is 5.92 Å². The first kappa shape index (κ1) is 14.6. The summed E-state index contributed by atoms with van der Waals surface area (Å²) < 4.78 is 22.0. The lowest BCUT2D eigenvalue weighted by atomic mass is 10.0. The molecule has 0 aliphatic carbocycles. The number of rotatable bonds is 7. The van der Waals surface area contributed by atoms with E-state index < -0.39 is 42.8 Å². The molecule has 3 amide bonds. The molecule has 1 rings (SSSR count). The van der Waals surface area contributed by atoms with E-state index in [1.807, 2.05) is 13.8 Å². The fraction of sp³-hybridized carbons (Fsp3) is 0.733. The van der Waals surface area contributed by atoms with Gasteiger partial charge in [-0.1, -0.05) is 13.8 Å². The molecule has 1 aliphatic rings. The molecule has 1 N–H and O–H groups in total. The Morgan fingerprint density at radius 2 is 1.96 bits per heavy atom. The highest BCUT2D eigenvalue weighted by Crippen LogP contribution is 2.14. The van der Waals surface area contributed by atoms with Crippen LogP contribution in [0.15, 0.2) is 0 Å². The van der Waals surface area contributed by atoms with Gasteiger partial charge in [0.15, 0.2) is 0 Å². The Morgan fingerprint density at radius 1 is 1.39 bits per heavy atom. The minimum Gasteiger partial charge on any atom is -0.341 e. The molecule has 0 saturated carbocycles. The van der Waals surface area contributed by atoms with Crippen LogP contribution in [0.4, 0.5) is 0 Å². The van der Waals surface area contributed by atoms with Gasteiger partial charge in [-0.15, -0.1) is 5.06 Å². The average Bonchev–Trinajstić information content (AvgIpc) is 2.83. The van der Waals surface area contributed by atoms with Gasteiger partial charge in [0.2, 0.25) is 5.91 Å². The number of carbonyl (C=O) groups excluding carboxylic acids is 4. The van der Waals surface area contributed by atoms with Gasteiger partial charge in [0.05, 0.1) is 6.04 Å². The molecule has 1 heterocycles. The molecule has 1 fully saturated rings. The Kier molecular flexibility index (Phi) is 5.12. The Labute approximate surface area is 140 Å². The largest absolute Gasteiger partial charge is 0.355 e. The van der Waals surface area contributed by atoms with E-state index in [-0.39, 0.29) is 25.2 Å². The van der Waals surface area contributed by atoms with Crippen LogP contribution in [0.5, 0.6) is 0 Å². The topological polar surface area (TPSA) is 96.0 Å². The molecule has 0 aromatic carbocycles. The zero-order valence-electron chi connectivity index (χ0n) is 16.8. The number of carbonyl (C=O) groups is 4. The number of nitrogens with zero attached hydrogens (tertiary/aromatic N) is 2. The van der Waals surface area contributed by atoms with E-state index in [1.165, 1.54) is 14.0 Å². The maximum Gasteiger partial charge on any atom is 0.355 e. The van der Waals surface area contributed by atoms with Crippen molar-refractivity contribution < 1.29 is 28.1 Å². The standard InChI is InChI=1S/C15H25N3O5/c1-9(2)8-11(16-14(21)10(3)17(4)5)15(22)23-18-12(19)6-7-13(18)20/h9-11H,6-8H2,1-5H3,(H,16,21)/i4D3,14+1,17+1,21+2. The van der Waals surface area contributed by atoms with Crippen molar-refractivity contribution in [2.24, 2.45) is 5.92 Å². The number of amides is 3. The van der Waals surface area contributed by atoms with E-state index >= 15 is 0 Å². The van der Waals surface area contributed by atoms with E-state index in [9.17, 15) is 19.2 Å². The van der Waals surface area contributed by atoms with Gasteiger partial charge in [0, 0.05) is 17.0 Å². The molecule has 1 aliphatic heterocycles. The zero-order valence-corrected chi connectivity index (χ0v) is 13.8. The third-order valence-corrected chi connectivity index (χ3v) is 3.46. The number of hydrogen-bond acceptors (Lipinski definition) is 6. The first-order chi connectivity index (χ1) is 11.8. The van der Waals surface area contributed by atoms with Crippen molar-refractivity contribution in [3.8, 4) is 0 Å². The van der Waals surface area contributed by atoms with Crippen molar-refractivity contribution >= 4 is 23.7 Å². The Hall–Kier alpha value is -1.96. The molecule has 130 valence electrons. The van der Waals surface area contributed by atoms with Crippen molar-refractivity contribution in [1.29, 1.82) is 0 Å². The summed E-state index contributed by atoms with van der Waals surface area (Å²) in [5.41, 5.74) is 0. The average molecular weight is 334 g/mol. The quantitative estimate of drug-likeness (QED) is 0.306. The molecule has 0 bridgehead atoms. The molecule has 0 aromatic rings. The molecular weight excluding hydrogens is 306 g/mol. The summed E-state index contributed by atoms with van der Waals surface area (Å²) in [7, 11) is 1.27. The van der Waals surface area contributed by atoms with Crippen LogP contribution in [-0.4, -0.2) is 59.8 Å². The number of likely N-dealkylation sites (N-methyl/N-ethyl adjacent to an activating group) is 1. The van der Waals surface area contributed by atoms with Gasteiger partial charge < -0.3 is 10.2 Å². The maximum atomic E-state index is 12.3. The number of hydroxylamine groups is 2. The highest BCUT2D eigenvalue weighted by Gasteiger charge is 2.35. The maximum absolute atomic E-state index is 12.3. The van der Waals surface area contributed by atoms with Crippen LogP contribution in [0.1, 0.15) is 44.1 Å². The summed E-state index contributed by atoms with van der Waals surface area (Å²) in [5.74, 6) is -2.86. The second-order valence-corrected chi connectivity index (χ2v) is 5.97. The van der Waals surface area contributed by atoms with E-state index in [0.717, 1.165) is 4.90 Å². The summed E-state index contributed by atoms with van der Waals surface area (Å²) in [5, 5.41) is 2.87. The van der Waals surface area contributed by atoms with Gasteiger partial charge in [0.25, 0.3) is 11.8 Å². The second kappa shape index (κ2) is 8.05. The van der Waals surface area contributed by atoms with Gasteiger partial charge >= 0.3 is 5.97 Å². The van der Waals surface area contributed by atoms with Crippen LogP contribution in [0.25, 0.3) is 0 Å². The van der Waals surface area contributed by atoms with E-state index in [4.69, 9.17) is 8.95 Å². The molecule has 8 nitrogen and oxygen atoms in total. The normalized spacial score (nSPS) is 20.1. The Morgan fingerprint density at radius 3 is 2.43 bits per heavy atom. The van der Waals surface area contributed by atoms with Crippen LogP contribution in [0.3, 0.4) is 0 Å². The molecule has 23 heavy (non-hydrogen) atoms. The van der Waals surface area contributed by atoms with E-state index in [0.29, 0.717) is 5.06 Å². The third kappa shape index (κ3) is 5.31. The van der Waals surface area contributed by atoms with Crippen molar-refractivity contribution in [2.75, 3.05) is 14.0 Å². The smallest absolute Gasteiger partial charge is 0.341 e. The SMILES string of the molecule is [2H]C([2H])([2H])[15N](C)C(C)[13C](=[18O])NC(CC(C)C)C(=O)ON1C(=O)CCC1=O. The number of imide groups is 1. The molecular formula is C15H25N3O5. The summed E-state index contributed by atoms with van der Waals surface area (Å²) in [4.78, 5) is 53.6. The molecule has 2 unspecified atom stereocenters. The van der Waals surface area contributed by atoms with Gasteiger partial charge in [-0.05, 0) is 33.3 Å². The molecule has 0 radical (unpaired) electrons. The van der Waals surface area contributed by atoms with Crippen molar-refractivity contribution in [3.05, 3.63) is 0 Å². The predicted molar refractivity (Wildman–Crippen MR) is 81.7 cm³/mol. The highest BCUT2D eigenvalue weighted by molar-refractivity contribution is 6.02. The number of hydrogen-bond donors (Lipinski definition) is 1. The molecule has 1 saturated heterocycles. The molecule has 0 aromatic heterocycles. The summed E-state index contributed by atoms with van der Waals surface area (Å²) in [6.07, 6.45) is 0.131. The van der Waals surface area contributed by atoms with Crippen molar-refractivity contribution in [2.45, 2.75) is 52.1 Å².